The molecule has 0 aliphatic carbocycles. The zero-order chi connectivity index (χ0) is 18.1. The molecular formula is C17H27ClIN7. The molecule has 2 aromatic heterocycles. The van der Waals surface area contributed by atoms with Crippen LogP contribution in [0.3, 0.4) is 0 Å². The monoisotopic (exact) mass is 491 g/mol. The summed E-state index contributed by atoms with van der Waals surface area (Å²) in [5.74, 6) is 2.51. The second kappa shape index (κ2) is 12.1. The molecule has 7 nitrogen and oxygen atoms in total. The van der Waals surface area contributed by atoms with Crippen molar-refractivity contribution in [3.8, 4) is 0 Å². The van der Waals surface area contributed by atoms with Gasteiger partial charge in [0.1, 0.15) is 17.5 Å². The van der Waals surface area contributed by atoms with Crippen molar-refractivity contribution in [2.45, 2.75) is 39.7 Å². The molecule has 0 fully saturated rings. The average Bonchev–Trinajstić information content (AvgIpc) is 2.93. The summed E-state index contributed by atoms with van der Waals surface area (Å²) in [5.41, 5.74) is 1.13. The Hall–Kier alpha value is -1.42. The van der Waals surface area contributed by atoms with E-state index in [9.17, 15) is 0 Å². The van der Waals surface area contributed by atoms with E-state index in [2.05, 4.69) is 37.7 Å². The Kier molecular flexibility index (Phi) is 10.5. The summed E-state index contributed by atoms with van der Waals surface area (Å²) in [6.45, 7) is 6.24. The Balaban J connectivity index is 0.00000338. The number of rotatable bonds is 8. The lowest BCUT2D eigenvalue weighted by atomic mass is 10.2. The number of pyridine rings is 1. The fraction of sp³-hybridized carbons (Fsp3) is 0.529. The van der Waals surface area contributed by atoms with Gasteiger partial charge in [0.15, 0.2) is 11.8 Å². The van der Waals surface area contributed by atoms with Gasteiger partial charge in [0, 0.05) is 26.3 Å². The van der Waals surface area contributed by atoms with Gasteiger partial charge in [-0.3, -0.25) is 0 Å². The van der Waals surface area contributed by atoms with Crippen molar-refractivity contribution in [2.75, 3.05) is 13.1 Å². The maximum atomic E-state index is 5.81. The van der Waals surface area contributed by atoms with Gasteiger partial charge in [-0.05, 0) is 31.4 Å². The lowest BCUT2D eigenvalue weighted by Gasteiger charge is -2.12. The van der Waals surface area contributed by atoms with E-state index in [1.54, 1.807) is 6.20 Å². The molecular weight excluding hydrogens is 465 g/mol. The summed E-state index contributed by atoms with van der Waals surface area (Å²) >= 11 is 5.81. The zero-order valence-corrected chi connectivity index (χ0v) is 18.6. The number of nitrogens with one attached hydrogen (secondary N) is 2. The van der Waals surface area contributed by atoms with Crippen LogP contribution in [0.5, 0.6) is 0 Å². The lowest BCUT2D eigenvalue weighted by molar-refractivity contribution is 0.714. The lowest BCUT2D eigenvalue weighted by Crippen LogP contribution is -2.39. The summed E-state index contributed by atoms with van der Waals surface area (Å²) in [4.78, 5) is 8.72. The predicted octanol–water partition coefficient (Wildman–Crippen LogP) is 2.87. The van der Waals surface area contributed by atoms with E-state index in [0.29, 0.717) is 11.7 Å². The normalized spacial score (nSPS) is 11.2. The molecule has 0 aromatic carbocycles. The van der Waals surface area contributed by atoms with Crippen LogP contribution in [0, 0.1) is 6.92 Å². The van der Waals surface area contributed by atoms with Crippen molar-refractivity contribution in [3.63, 3.8) is 0 Å². The van der Waals surface area contributed by atoms with Gasteiger partial charge in [-0.1, -0.05) is 31.0 Å². The summed E-state index contributed by atoms with van der Waals surface area (Å²) in [5, 5.41) is 15.4. The highest BCUT2D eigenvalue weighted by molar-refractivity contribution is 14.0. The molecule has 9 heteroatoms. The summed E-state index contributed by atoms with van der Waals surface area (Å²) in [6.07, 6.45) is 4.89. The Bertz CT molecular complexity index is 685. The highest BCUT2D eigenvalue weighted by Crippen LogP contribution is 2.05. The SMILES string of the molecule is CCCCNC(=NCc1nnc(C)n1C)NCCc1ccc(Cl)nc1.I. The van der Waals surface area contributed by atoms with Crippen LogP contribution in [-0.4, -0.2) is 38.8 Å². The number of unbranched alkanes of at least 4 members (excludes halogenated alkanes) is 1. The first-order valence-electron chi connectivity index (χ1n) is 8.57. The number of aryl methyl sites for hydroxylation is 1. The fourth-order valence-electron chi connectivity index (χ4n) is 2.18. The molecule has 0 saturated carbocycles. The number of hydrogen-bond acceptors (Lipinski definition) is 4. The highest BCUT2D eigenvalue weighted by atomic mass is 127. The van der Waals surface area contributed by atoms with Crippen molar-refractivity contribution in [3.05, 3.63) is 40.7 Å². The quantitative estimate of drug-likeness (QED) is 0.195. The Morgan fingerprint density at radius 1 is 1.23 bits per heavy atom. The maximum Gasteiger partial charge on any atom is 0.191 e. The van der Waals surface area contributed by atoms with Gasteiger partial charge in [-0.2, -0.15) is 0 Å². The minimum absolute atomic E-state index is 0. The molecule has 2 rings (SSSR count). The van der Waals surface area contributed by atoms with Crippen LogP contribution < -0.4 is 10.6 Å². The average molecular weight is 492 g/mol. The molecule has 0 spiro atoms. The van der Waals surface area contributed by atoms with Crippen LogP contribution >= 0.6 is 35.6 Å². The summed E-state index contributed by atoms with van der Waals surface area (Å²) < 4.78 is 1.95. The standard InChI is InChI=1S/C17H26ClN7.HI/c1-4-5-9-19-17(22-12-16-24-23-13(2)25(16)3)20-10-8-14-6-7-15(18)21-11-14;/h6-7,11H,4-5,8-10,12H2,1-3H3,(H2,19,20,22);1H. The number of guanidine groups is 1. The van der Waals surface area contributed by atoms with E-state index in [1.807, 2.05) is 30.7 Å². The number of nitrogens with zero attached hydrogens (tertiary/aromatic N) is 5. The molecule has 26 heavy (non-hydrogen) atoms. The van der Waals surface area contributed by atoms with Gasteiger partial charge in [-0.15, -0.1) is 34.2 Å². The van der Waals surface area contributed by atoms with E-state index in [0.717, 1.165) is 55.5 Å². The van der Waals surface area contributed by atoms with Crippen LogP contribution in [0.1, 0.15) is 37.0 Å². The second-order valence-electron chi connectivity index (χ2n) is 5.83. The first-order valence-corrected chi connectivity index (χ1v) is 8.95. The maximum absolute atomic E-state index is 5.81. The number of aromatic nitrogens is 4. The van der Waals surface area contributed by atoms with Crippen LogP contribution in [0.15, 0.2) is 23.3 Å². The van der Waals surface area contributed by atoms with Gasteiger partial charge >= 0.3 is 0 Å². The van der Waals surface area contributed by atoms with Gasteiger partial charge in [0.2, 0.25) is 0 Å². The summed E-state index contributed by atoms with van der Waals surface area (Å²) in [6, 6.07) is 3.79. The smallest absolute Gasteiger partial charge is 0.191 e. The molecule has 0 amide bonds. The van der Waals surface area contributed by atoms with Crippen molar-refractivity contribution in [1.82, 2.24) is 30.4 Å². The van der Waals surface area contributed by atoms with E-state index in [4.69, 9.17) is 11.6 Å². The van der Waals surface area contributed by atoms with Crippen LogP contribution in [0.4, 0.5) is 0 Å². The molecule has 0 bridgehead atoms. The van der Waals surface area contributed by atoms with Gasteiger partial charge in [-0.25, -0.2) is 9.98 Å². The third-order valence-electron chi connectivity index (χ3n) is 3.88. The molecule has 0 unspecified atom stereocenters. The topological polar surface area (TPSA) is 80.0 Å². The molecule has 2 heterocycles. The summed E-state index contributed by atoms with van der Waals surface area (Å²) in [7, 11) is 1.95. The van der Waals surface area contributed by atoms with E-state index >= 15 is 0 Å². The Labute approximate surface area is 177 Å². The second-order valence-corrected chi connectivity index (χ2v) is 6.22. The molecule has 2 aromatic rings. The minimum Gasteiger partial charge on any atom is -0.356 e. The van der Waals surface area contributed by atoms with Gasteiger partial charge in [0.25, 0.3) is 0 Å². The van der Waals surface area contributed by atoms with Gasteiger partial charge < -0.3 is 15.2 Å². The van der Waals surface area contributed by atoms with E-state index in [1.165, 1.54) is 0 Å². The minimum atomic E-state index is 0. The molecule has 0 aliphatic heterocycles. The van der Waals surface area contributed by atoms with Crippen LogP contribution in [0.2, 0.25) is 5.15 Å². The van der Waals surface area contributed by atoms with Crippen LogP contribution in [-0.2, 0) is 20.0 Å². The number of hydrogen-bond donors (Lipinski definition) is 2. The Morgan fingerprint density at radius 2 is 2.00 bits per heavy atom. The predicted molar refractivity (Wildman–Crippen MR) is 116 cm³/mol. The van der Waals surface area contributed by atoms with E-state index < -0.39 is 0 Å². The Morgan fingerprint density at radius 3 is 2.62 bits per heavy atom. The molecule has 0 atom stereocenters. The van der Waals surface area contributed by atoms with Crippen LogP contribution in [0.25, 0.3) is 0 Å². The van der Waals surface area contributed by atoms with Gasteiger partial charge in [0.05, 0.1) is 0 Å². The molecule has 2 N–H and O–H groups in total. The first kappa shape index (κ1) is 22.6. The van der Waals surface area contributed by atoms with Crippen molar-refractivity contribution in [2.24, 2.45) is 12.0 Å². The van der Waals surface area contributed by atoms with Crippen molar-refractivity contribution >= 4 is 41.5 Å². The molecule has 0 aliphatic rings. The molecule has 0 radical (unpaired) electrons. The largest absolute Gasteiger partial charge is 0.356 e. The first-order chi connectivity index (χ1) is 12.1. The highest BCUT2D eigenvalue weighted by Gasteiger charge is 2.05. The van der Waals surface area contributed by atoms with Crippen molar-refractivity contribution in [1.29, 1.82) is 0 Å². The zero-order valence-electron chi connectivity index (χ0n) is 15.5. The number of halogens is 2. The third-order valence-corrected chi connectivity index (χ3v) is 4.10. The molecule has 0 saturated heterocycles. The fourth-order valence-corrected chi connectivity index (χ4v) is 2.29. The van der Waals surface area contributed by atoms with E-state index in [-0.39, 0.29) is 24.0 Å². The van der Waals surface area contributed by atoms with Crippen molar-refractivity contribution < 1.29 is 0 Å². The number of aliphatic imine (C=N–C) groups is 1. The molecule has 144 valence electrons. The third kappa shape index (κ3) is 7.45.